The predicted molar refractivity (Wildman–Crippen MR) is 73.4 cm³/mol. The Labute approximate surface area is 116 Å². The van der Waals surface area contributed by atoms with Crippen LogP contribution in [0, 0.1) is 0 Å². The van der Waals surface area contributed by atoms with Crippen LogP contribution in [0.3, 0.4) is 0 Å². The quantitative estimate of drug-likeness (QED) is 0.772. The lowest BCUT2D eigenvalue weighted by Crippen LogP contribution is -2.55. The number of carbonyl (C=O) groups excluding carboxylic acids is 1. The van der Waals surface area contributed by atoms with Crippen molar-refractivity contribution in [1.29, 1.82) is 0 Å². The van der Waals surface area contributed by atoms with Gasteiger partial charge in [-0.2, -0.15) is 11.3 Å². The summed E-state index contributed by atoms with van der Waals surface area (Å²) in [5.74, 6) is -0.932. The molecular formula is C13H18N2O3S. The average molecular weight is 282 g/mol. The molecule has 0 radical (unpaired) electrons. The lowest BCUT2D eigenvalue weighted by Gasteiger charge is -2.25. The van der Waals surface area contributed by atoms with Crippen LogP contribution in [-0.2, 0) is 11.2 Å². The van der Waals surface area contributed by atoms with E-state index >= 15 is 0 Å². The number of aliphatic carboxylic acids is 1. The van der Waals surface area contributed by atoms with Crippen molar-refractivity contribution in [2.45, 2.75) is 37.6 Å². The minimum absolute atomic E-state index is 0.389. The molecule has 1 saturated carbocycles. The largest absolute Gasteiger partial charge is 0.480 e. The third kappa shape index (κ3) is 3.47. The van der Waals surface area contributed by atoms with Crippen LogP contribution in [0.5, 0.6) is 0 Å². The molecule has 5 nitrogen and oxygen atoms in total. The Morgan fingerprint density at radius 3 is 2.68 bits per heavy atom. The highest BCUT2D eigenvalue weighted by Gasteiger charge is 2.42. The van der Waals surface area contributed by atoms with Crippen molar-refractivity contribution < 1.29 is 14.7 Å². The number of rotatable bonds is 5. The second kappa shape index (κ2) is 6.06. The molecule has 0 spiro atoms. The van der Waals surface area contributed by atoms with Crippen LogP contribution in [-0.4, -0.2) is 29.2 Å². The lowest BCUT2D eigenvalue weighted by atomic mass is 9.98. The predicted octanol–water partition coefficient (Wildman–Crippen LogP) is 1.99. The molecule has 1 fully saturated rings. The molecule has 6 heteroatoms. The summed E-state index contributed by atoms with van der Waals surface area (Å²) in [6, 6.07) is 1.62. The minimum Gasteiger partial charge on any atom is -0.480 e. The standard InChI is InChI=1S/C13H18N2O3S/c16-11(17)13(5-1-2-6-13)15-12(18)14-7-3-10-4-8-19-9-10/h4,8-9H,1-3,5-7H2,(H,16,17)(H2,14,15,18). The second-order valence-corrected chi connectivity index (χ2v) is 5.64. The van der Waals surface area contributed by atoms with Crippen LogP contribution >= 0.6 is 11.3 Å². The van der Waals surface area contributed by atoms with Gasteiger partial charge in [-0.15, -0.1) is 0 Å². The molecule has 1 aromatic rings. The normalized spacial score (nSPS) is 17.1. The van der Waals surface area contributed by atoms with Gasteiger partial charge >= 0.3 is 12.0 Å². The van der Waals surface area contributed by atoms with Crippen LogP contribution in [0.15, 0.2) is 16.8 Å². The molecule has 19 heavy (non-hydrogen) atoms. The number of carbonyl (C=O) groups is 2. The smallest absolute Gasteiger partial charge is 0.329 e. The van der Waals surface area contributed by atoms with Crippen molar-refractivity contribution in [2.75, 3.05) is 6.54 Å². The summed E-state index contributed by atoms with van der Waals surface area (Å²) < 4.78 is 0. The molecule has 1 aliphatic carbocycles. The van der Waals surface area contributed by atoms with Crippen molar-refractivity contribution in [1.82, 2.24) is 10.6 Å². The van der Waals surface area contributed by atoms with Gasteiger partial charge in [-0.3, -0.25) is 0 Å². The fourth-order valence-corrected chi connectivity index (χ4v) is 3.09. The SMILES string of the molecule is O=C(NCCc1ccsc1)NC1(C(=O)O)CCCC1. The van der Waals surface area contributed by atoms with Crippen LogP contribution in [0.4, 0.5) is 4.79 Å². The zero-order valence-electron chi connectivity index (χ0n) is 10.6. The number of hydrogen-bond donors (Lipinski definition) is 3. The third-order valence-corrected chi connectivity index (χ3v) is 4.23. The summed E-state index contributed by atoms with van der Waals surface area (Å²) in [4.78, 5) is 23.0. The van der Waals surface area contributed by atoms with Crippen LogP contribution < -0.4 is 10.6 Å². The molecule has 1 heterocycles. The Morgan fingerprint density at radius 1 is 1.37 bits per heavy atom. The number of nitrogens with one attached hydrogen (secondary N) is 2. The maximum Gasteiger partial charge on any atom is 0.329 e. The van der Waals surface area contributed by atoms with Gasteiger partial charge in [-0.25, -0.2) is 9.59 Å². The van der Waals surface area contributed by atoms with E-state index in [4.69, 9.17) is 0 Å². The number of carboxylic acids is 1. The number of thiophene rings is 1. The first-order valence-electron chi connectivity index (χ1n) is 6.43. The molecule has 0 saturated heterocycles. The Balaban J connectivity index is 1.78. The maximum absolute atomic E-state index is 11.8. The van der Waals surface area contributed by atoms with Crippen molar-refractivity contribution in [3.63, 3.8) is 0 Å². The molecule has 1 aromatic heterocycles. The van der Waals surface area contributed by atoms with Crippen LogP contribution in [0.25, 0.3) is 0 Å². The highest BCUT2D eigenvalue weighted by atomic mass is 32.1. The topological polar surface area (TPSA) is 78.4 Å². The molecule has 104 valence electrons. The zero-order valence-corrected chi connectivity index (χ0v) is 11.5. The van der Waals surface area contributed by atoms with Crippen molar-refractivity contribution >= 4 is 23.3 Å². The lowest BCUT2D eigenvalue weighted by molar-refractivity contribution is -0.144. The maximum atomic E-state index is 11.8. The van der Waals surface area contributed by atoms with E-state index in [2.05, 4.69) is 10.6 Å². The summed E-state index contributed by atoms with van der Waals surface area (Å²) in [6.07, 6.45) is 3.49. The number of urea groups is 1. The van der Waals surface area contributed by atoms with Gasteiger partial charge in [-0.1, -0.05) is 12.8 Å². The van der Waals surface area contributed by atoms with E-state index in [-0.39, 0.29) is 6.03 Å². The Hall–Kier alpha value is -1.56. The van der Waals surface area contributed by atoms with Gasteiger partial charge in [0.2, 0.25) is 0 Å². The van der Waals surface area contributed by atoms with Gasteiger partial charge in [-0.05, 0) is 41.7 Å². The van der Waals surface area contributed by atoms with Crippen molar-refractivity contribution in [3.8, 4) is 0 Å². The van der Waals surface area contributed by atoms with E-state index in [1.165, 1.54) is 5.56 Å². The molecule has 3 N–H and O–H groups in total. The number of hydrogen-bond acceptors (Lipinski definition) is 3. The molecular weight excluding hydrogens is 264 g/mol. The van der Waals surface area contributed by atoms with Gasteiger partial charge in [0.05, 0.1) is 0 Å². The first-order valence-corrected chi connectivity index (χ1v) is 7.37. The molecule has 0 aliphatic heterocycles. The van der Waals surface area contributed by atoms with Gasteiger partial charge in [0.1, 0.15) is 5.54 Å². The molecule has 1 aliphatic rings. The molecule has 0 bridgehead atoms. The fourth-order valence-electron chi connectivity index (χ4n) is 2.39. The highest BCUT2D eigenvalue weighted by Crippen LogP contribution is 2.29. The highest BCUT2D eigenvalue weighted by molar-refractivity contribution is 7.07. The summed E-state index contributed by atoms with van der Waals surface area (Å²) in [5.41, 5.74) is 0.117. The van der Waals surface area contributed by atoms with E-state index in [9.17, 15) is 14.7 Å². The van der Waals surface area contributed by atoms with Gasteiger partial charge < -0.3 is 15.7 Å². The number of amides is 2. The summed E-state index contributed by atoms with van der Waals surface area (Å²) in [7, 11) is 0. The first kappa shape index (κ1) is 13.9. The monoisotopic (exact) mass is 282 g/mol. The van der Waals surface area contributed by atoms with Crippen LogP contribution in [0.2, 0.25) is 0 Å². The summed E-state index contributed by atoms with van der Waals surface area (Å²) in [6.45, 7) is 0.512. The fraction of sp³-hybridized carbons (Fsp3) is 0.538. The van der Waals surface area contributed by atoms with E-state index in [0.717, 1.165) is 19.3 Å². The van der Waals surface area contributed by atoms with Crippen molar-refractivity contribution in [2.24, 2.45) is 0 Å². The average Bonchev–Trinajstić information content (AvgIpc) is 3.00. The second-order valence-electron chi connectivity index (χ2n) is 4.86. The number of carboxylic acid groups (broad SMARTS) is 1. The summed E-state index contributed by atoms with van der Waals surface area (Å²) >= 11 is 1.62. The van der Waals surface area contributed by atoms with E-state index in [1.54, 1.807) is 11.3 Å². The van der Waals surface area contributed by atoms with Gasteiger partial charge in [0, 0.05) is 6.54 Å². The van der Waals surface area contributed by atoms with Gasteiger partial charge in [0.15, 0.2) is 0 Å². The van der Waals surface area contributed by atoms with E-state index < -0.39 is 11.5 Å². The third-order valence-electron chi connectivity index (χ3n) is 3.50. The van der Waals surface area contributed by atoms with E-state index in [0.29, 0.717) is 19.4 Å². The molecule has 2 amide bonds. The zero-order chi connectivity index (χ0) is 13.7. The minimum atomic E-state index is -1.06. The van der Waals surface area contributed by atoms with E-state index in [1.807, 2.05) is 16.8 Å². The Kier molecular flexibility index (Phi) is 4.42. The van der Waals surface area contributed by atoms with Gasteiger partial charge in [0.25, 0.3) is 0 Å². The first-order chi connectivity index (χ1) is 9.12. The van der Waals surface area contributed by atoms with Crippen molar-refractivity contribution in [3.05, 3.63) is 22.4 Å². The molecule has 2 rings (SSSR count). The molecule has 0 unspecified atom stereocenters. The van der Waals surface area contributed by atoms with Crippen LogP contribution in [0.1, 0.15) is 31.2 Å². The molecule has 0 aromatic carbocycles. The Morgan fingerprint density at radius 2 is 2.11 bits per heavy atom. The molecule has 0 atom stereocenters. The summed E-state index contributed by atoms with van der Waals surface area (Å²) in [5, 5.41) is 18.6. The Bertz CT molecular complexity index is 439.